The molecule has 4 nitrogen and oxygen atoms in total. The predicted molar refractivity (Wildman–Crippen MR) is 51.7 cm³/mol. The maximum Gasteiger partial charge on any atom is 0.416 e. The molecule has 0 radical (unpaired) electrons. The summed E-state index contributed by atoms with van der Waals surface area (Å²) in [6, 6.07) is 0. The second kappa shape index (κ2) is 4.79. The van der Waals surface area contributed by atoms with Gasteiger partial charge in [0.1, 0.15) is 6.61 Å². The number of carbonyl (C=O) groups excluding carboxylic acids is 2. The van der Waals surface area contributed by atoms with Crippen molar-refractivity contribution in [3.63, 3.8) is 0 Å². The van der Waals surface area contributed by atoms with Crippen LogP contribution in [0.5, 0.6) is 0 Å². The Hall–Kier alpha value is -1.32. The summed E-state index contributed by atoms with van der Waals surface area (Å²) in [5.41, 5.74) is 0. The van der Waals surface area contributed by atoms with Crippen LogP contribution in [-0.2, 0) is 9.53 Å². The molecule has 1 saturated heterocycles. The highest BCUT2D eigenvalue weighted by Crippen LogP contribution is 2.15. The molecule has 0 aromatic carbocycles. The molecule has 0 aliphatic carbocycles. The van der Waals surface area contributed by atoms with E-state index in [4.69, 9.17) is 4.74 Å². The van der Waals surface area contributed by atoms with Crippen LogP contribution in [0, 0.1) is 5.92 Å². The van der Waals surface area contributed by atoms with Crippen LogP contribution in [0.3, 0.4) is 0 Å². The largest absolute Gasteiger partial charge is 0.447 e. The number of amides is 2. The smallest absolute Gasteiger partial charge is 0.416 e. The summed E-state index contributed by atoms with van der Waals surface area (Å²) in [7, 11) is 0. The van der Waals surface area contributed by atoms with Gasteiger partial charge < -0.3 is 4.74 Å². The van der Waals surface area contributed by atoms with Gasteiger partial charge in [-0.15, -0.1) is 6.58 Å². The summed E-state index contributed by atoms with van der Waals surface area (Å²) in [6.07, 6.45) is 2.51. The van der Waals surface area contributed by atoms with E-state index < -0.39 is 6.09 Å². The summed E-state index contributed by atoms with van der Waals surface area (Å²) in [5.74, 6) is -0.284. The lowest BCUT2D eigenvalue weighted by atomic mass is 10.0. The molecule has 1 heterocycles. The lowest BCUT2D eigenvalue weighted by Gasteiger charge is -2.17. The van der Waals surface area contributed by atoms with Crippen molar-refractivity contribution in [1.29, 1.82) is 0 Å². The third-order valence-electron chi connectivity index (χ3n) is 2.32. The van der Waals surface area contributed by atoms with Gasteiger partial charge in [0.05, 0.1) is 6.54 Å². The number of rotatable bonds is 4. The standard InChI is InChI=1S/C10H15NO3/c1-3-5-8(4-2)9(12)11-6-7-14-10(11)13/h3,8H,1,4-7H2,2H3/t8-/m1/s1. The van der Waals surface area contributed by atoms with Gasteiger partial charge in [-0.2, -0.15) is 0 Å². The van der Waals surface area contributed by atoms with Crippen LogP contribution in [0.25, 0.3) is 0 Å². The van der Waals surface area contributed by atoms with Crippen molar-refractivity contribution in [3.05, 3.63) is 12.7 Å². The fourth-order valence-electron chi connectivity index (χ4n) is 1.46. The van der Waals surface area contributed by atoms with Crippen molar-refractivity contribution in [2.45, 2.75) is 19.8 Å². The van der Waals surface area contributed by atoms with Crippen molar-refractivity contribution >= 4 is 12.0 Å². The van der Waals surface area contributed by atoms with Crippen LogP contribution in [0.1, 0.15) is 19.8 Å². The minimum absolute atomic E-state index is 0.141. The highest BCUT2D eigenvalue weighted by molar-refractivity contribution is 5.94. The molecule has 2 amide bonds. The molecule has 0 saturated carbocycles. The summed E-state index contributed by atoms with van der Waals surface area (Å²) in [6.45, 7) is 6.21. The fourth-order valence-corrected chi connectivity index (χ4v) is 1.46. The van der Waals surface area contributed by atoms with Crippen LogP contribution < -0.4 is 0 Å². The molecule has 14 heavy (non-hydrogen) atoms. The Balaban J connectivity index is 2.61. The average Bonchev–Trinajstić information content (AvgIpc) is 2.59. The van der Waals surface area contributed by atoms with E-state index in [9.17, 15) is 9.59 Å². The van der Waals surface area contributed by atoms with E-state index in [-0.39, 0.29) is 11.8 Å². The van der Waals surface area contributed by atoms with Gasteiger partial charge in [-0.1, -0.05) is 13.0 Å². The predicted octanol–water partition coefficient (Wildman–Crippen LogP) is 1.57. The first-order valence-corrected chi connectivity index (χ1v) is 4.79. The molecule has 0 bridgehead atoms. The zero-order valence-electron chi connectivity index (χ0n) is 8.36. The molecule has 0 N–H and O–H groups in total. The second-order valence-electron chi connectivity index (χ2n) is 3.23. The second-order valence-corrected chi connectivity index (χ2v) is 3.23. The SMILES string of the molecule is C=CC[C@@H](CC)C(=O)N1CCOC1=O. The summed E-state index contributed by atoms with van der Waals surface area (Å²) >= 11 is 0. The highest BCUT2D eigenvalue weighted by Gasteiger charge is 2.31. The number of hydrogen-bond donors (Lipinski definition) is 0. The molecule has 1 rings (SSSR count). The highest BCUT2D eigenvalue weighted by atomic mass is 16.6. The first-order valence-electron chi connectivity index (χ1n) is 4.79. The van der Waals surface area contributed by atoms with E-state index in [0.29, 0.717) is 26.0 Å². The number of hydrogen-bond acceptors (Lipinski definition) is 3. The Morgan fingerprint density at radius 1 is 1.79 bits per heavy atom. The van der Waals surface area contributed by atoms with Crippen molar-refractivity contribution in [3.8, 4) is 0 Å². The third-order valence-corrected chi connectivity index (χ3v) is 2.32. The molecule has 4 heteroatoms. The van der Waals surface area contributed by atoms with E-state index in [0.717, 1.165) is 0 Å². The van der Waals surface area contributed by atoms with Gasteiger partial charge in [-0.05, 0) is 12.8 Å². The number of carbonyl (C=O) groups is 2. The first kappa shape index (κ1) is 10.8. The van der Waals surface area contributed by atoms with Crippen molar-refractivity contribution in [2.75, 3.05) is 13.2 Å². The molecule has 78 valence electrons. The van der Waals surface area contributed by atoms with Crippen molar-refractivity contribution in [2.24, 2.45) is 5.92 Å². The first-order chi connectivity index (χ1) is 6.70. The van der Waals surface area contributed by atoms with Gasteiger partial charge in [0.2, 0.25) is 5.91 Å². The van der Waals surface area contributed by atoms with E-state index in [1.807, 2.05) is 6.92 Å². The molecule has 1 atom stereocenters. The lowest BCUT2D eigenvalue weighted by molar-refractivity contribution is -0.131. The van der Waals surface area contributed by atoms with Gasteiger partial charge in [0.15, 0.2) is 0 Å². The maximum atomic E-state index is 11.8. The zero-order chi connectivity index (χ0) is 10.6. The zero-order valence-corrected chi connectivity index (χ0v) is 8.36. The van der Waals surface area contributed by atoms with Gasteiger partial charge in [0, 0.05) is 5.92 Å². The lowest BCUT2D eigenvalue weighted by Crippen LogP contribution is -2.36. The van der Waals surface area contributed by atoms with Crippen LogP contribution >= 0.6 is 0 Å². The van der Waals surface area contributed by atoms with Gasteiger partial charge in [-0.3, -0.25) is 4.79 Å². The maximum absolute atomic E-state index is 11.8. The minimum atomic E-state index is -0.516. The number of imide groups is 1. The van der Waals surface area contributed by atoms with E-state index >= 15 is 0 Å². The molecule has 1 aliphatic heterocycles. The summed E-state index contributed by atoms with van der Waals surface area (Å²) in [5, 5.41) is 0. The van der Waals surface area contributed by atoms with Crippen molar-refractivity contribution < 1.29 is 14.3 Å². The molecular formula is C10H15NO3. The monoisotopic (exact) mass is 197 g/mol. The molecular weight excluding hydrogens is 182 g/mol. The molecule has 0 spiro atoms. The minimum Gasteiger partial charge on any atom is -0.447 e. The summed E-state index contributed by atoms with van der Waals surface area (Å²) < 4.78 is 4.70. The topological polar surface area (TPSA) is 46.6 Å². The number of ether oxygens (including phenoxy) is 1. The summed E-state index contributed by atoms with van der Waals surface area (Å²) in [4.78, 5) is 24.0. The van der Waals surface area contributed by atoms with Crippen molar-refractivity contribution in [1.82, 2.24) is 4.90 Å². The van der Waals surface area contributed by atoms with Crippen LogP contribution in [-0.4, -0.2) is 30.1 Å². The number of cyclic esters (lactones) is 1. The Labute approximate surface area is 83.5 Å². The number of nitrogens with zero attached hydrogens (tertiary/aromatic N) is 1. The number of allylic oxidation sites excluding steroid dienone is 1. The Kier molecular flexibility index (Phi) is 3.68. The average molecular weight is 197 g/mol. The Bertz CT molecular complexity index is 250. The van der Waals surface area contributed by atoms with Crippen LogP contribution in [0.4, 0.5) is 4.79 Å². The third kappa shape index (κ3) is 2.13. The molecule has 1 fully saturated rings. The van der Waals surface area contributed by atoms with Crippen LogP contribution in [0.15, 0.2) is 12.7 Å². The Morgan fingerprint density at radius 3 is 2.93 bits per heavy atom. The van der Waals surface area contributed by atoms with Gasteiger partial charge >= 0.3 is 6.09 Å². The van der Waals surface area contributed by atoms with E-state index in [2.05, 4.69) is 6.58 Å². The van der Waals surface area contributed by atoms with Gasteiger partial charge in [-0.25, -0.2) is 9.69 Å². The van der Waals surface area contributed by atoms with E-state index in [1.165, 1.54) is 4.90 Å². The van der Waals surface area contributed by atoms with E-state index in [1.54, 1.807) is 6.08 Å². The molecule has 0 aromatic rings. The molecule has 0 aromatic heterocycles. The van der Waals surface area contributed by atoms with Crippen LogP contribution in [0.2, 0.25) is 0 Å². The quantitative estimate of drug-likeness (QED) is 0.642. The Morgan fingerprint density at radius 2 is 2.50 bits per heavy atom. The molecule has 0 unspecified atom stereocenters. The molecule has 1 aliphatic rings. The normalized spacial score (nSPS) is 17.8. The fraction of sp³-hybridized carbons (Fsp3) is 0.600. The van der Waals surface area contributed by atoms with Gasteiger partial charge in [0.25, 0.3) is 0 Å².